The normalized spacial score (nSPS) is 10.2. The first-order valence-electron chi connectivity index (χ1n) is 6.08. The molecule has 2 aromatic rings. The predicted octanol–water partition coefficient (Wildman–Crippen LogP) is 2.96. The summed E-state index contributed by atoms with van der Waals surface area (Å²) in [5.74, 6) is 1.42. The molecule has 20 heavy (non-hydrogen) atoms. The Bertz CT molecular complexity index is 600. The number of methoxy groups -OCH3 is 2. The van der Waals surface area contributed by atoms with Crippen molar-refractivity contribution in [3.63, 3.8) is 0 Å². The van der Waals surface area contributed by atoms with Crippen LogP contribution in [-0.4, -0.2) is 20.2 Å². The zero-order valence-corrected chi connectivity index (χ0v) is 11.6. The third-order valence-electron chi connectivity index (χ3n) is 2.93. The number of esters is 1. The minimum Gasteiger partial charge on any atom is -0.497 e. The van der Waals surface area contributed by atoms with Crippen molar-refractivity contribution in [1.29, 1.82) is 0 Å². The van der Waals surface area contributed by atoms with Crippen LogP contribution in [0.25, 0.3) is 0 Å². The highest BCUT2D eigenvalue weighted by Crippen LogP contribution is 2.25. The highest BCUT2D eigenvalue weighted by molar-refractivity contribution is 5.90. The largest absolute Gasteiger partial charge is 0.497 e. The quantitative estimate of drug-likeness (QED) is 0.786. The molecule has 0 fully saturated rings. The molecule has 0 aliphatic rings. The molecule has 0 saturated heterocycles. The van der Waals surface area contributed by atoms with Gasteiger partial charge in [0.15, 0.2) is 0 Å². The van der Waals surface area contributed by atoms with E-state index in [9.17, 15) is 4.79 Å². The molecule has 5 nitrogen and oxygen atoms in total. The third-order valence-corrected chi connectivity index (χ3v) is 2.93. The summed E-state index contributed by atoms with van der Waals surface area (Å²) in [5.41, 5.74) is 1.16. The Morgan fingerprint density at radius 1 is 1.20 bits per heavy atom. The fourth-order valence-electron chi connectivity index (χ4n) is 1.81. The van der Waals surface area contributed by atoms with Gasteiger partial charge >= 0.3 is 5.97 Å². The molecule has 0 N–H and O–H groups in total. The van der Waals surface area contributed by atoms with Crippen LogP contribution in [0.1, 0.15) is 21.7 Å². The van der Waals surface area contributed by atoms with Gasteiger partial charge in [0.05, 0.1) is 20.5 Å². The van der Waals surface area contributed by atoms with Gasteiger partial charge < -0.3 is 18.6 Å². The molecule has 0 amide bonds. The van der Waals surface area contributed by atoms with Gasteiger partial charge in [0.1, 0.15) is 29.4 Å². The van der Waals surface area contributed by atoms with Crippen LogP contribution in [0.2, 0.25) is 0 Å². The lowest BCUT2D eigenvalue weighted by molar-refractivity contribution is 0.0468. The van der Waals surface area contributed by atoms with E-state index in [1.54, 1.807) is 45.4 Å². The van der Waals surface area contributed by atoms with E-state index in [1.807, 2.05) is 0 Å². The van der Waals surface area contributed by atoms with Gasteiger partial charge in [-0.2, -0.15) is 0 Å². The molecule has 1 heterocycles. The topological polar surface area (TPSA) is 57.9 Å². The van der Waals surface area contributed by atoms with E-state index in [1.165, 1.54) is 6.26 Å². The first-order chi connectivity index (χ1) is 9.65. The first-order valence-corrected chi connectivity index (χ1v) is 6.08. The highest BCUT2D eigenvalue weighted by atomic mass is 16.5. The zero-order valence-electron chi connectivity index (χ0n) is 11.6. The molecular formula is C15H16O5. The summed E-state index contributed by atoms with van der Waals surface area (Å²) in [7, 11) is 3.14. The smallest absolute Gasteiger partial charge is 0.342 e. The maximum Gasteiger partial charge on any atom is 0.342 e. The number of rotatable bonds is 5. The predicted molar refractivity (Wildman–Crippen MR) is 72.1 cm³/mol. The second-order valence-corrected chi connectivity index (χ2v) is 4.14. The summed E-state index contributed by atoms with van der Waals surface area (Å²) in [5, 5.41) is 0. The maximum atomic E-state index is 11.9. The Morgan fingerprint density at radius 3 is 2.60 bits per heavy atom. The van der Waals surface area contributed by atoms with E-state index in [4.69, 9.17) is 18.6 Å². The number of benzene rings is 1. The molecule has 0 saturated carbocycles. The van der Waals surface area contributed by atoms with Crippen molar-refractivity contribution < 1.29 is 23.4 Å². The number of carbonyl (C=O) groups excluding carboxylic acids is 1. The number of hydrogen-bond acceptors (Lipinski definition) is 5. The molecule has 1 aromatic carbocycles. The number of hydrogen-bond donors (Lipinski definition) is 0. The van der Waals surface area contributed by atoms with E-state index < -0.39 is 5.97 Å². The Labute approximate surface area is 117 Å². The van der Waals surface area contributed by atoms with Gasteiger partial charge in [-0.05, 0) is 31.2 Å². The lowest BCUT2D eigenvalue weighted by Crippen LogP contribution is -2.06. The van der Waals surface area contributed by atoms with Crippen molar-refractivity contribution in [2.45, 2.75) is 13.5 Å². The maximum absolute atomic E-state index is 11.9. The van der Waals surface area contributed by atoms with Crippen molar-refractivity contribution in [2.75, 3.05) is 14.2 Å². The fourth-order valence-corrected chi connectivity index (χ4v) is 1.81. The summed E-state index contributed by atoms with van der Waals surface area (Å²) in [6.45, 7) is 1.81. The van der Waals surface area contributed by atoms with Gasteiger partial charge in [0.2, 0.25) is 0 Å². The van der Waals surface area contributed by atoms with Crippen molar-refractivity contribution in [3.05, 3.63) is 47.4 Å². The molecule has 0 aliphatic heterocycles. The molecule has 0 spiro atoms. The molecular weight excluding hydrogens is 260 g/mol. The van der Waals surface area contributed by atoms with Crippen molar-refractivity contribution >= 4 is 5.97 Å². The summed E-state index contributed by atoms with van der Waals surface area (Å²) < 4.78 is 20.7. The van der Waals surface area contributed by atoms with E-state index >= 15 is 0 Å². The van der Waals surface area contributed by atoms with E-state index in [-0.39, 0.29) is 6.61 Å². The van der Waals surface area contributed by atoms with Crippen LogP contribution in [0.15, 0.2) is 34.9 Å². The van der Waals surface area contributed by atoms with Crippen LogP contribution >= 0.6 is 0 Å². The van der Waals surface area contributed by atoms with Gasteiger partial charge in [0.25, 0.3) is 0 Å². The minimum atomic E-state index is -0.430. The van der Waals surface area contributed by atoms with Crippen molar-refractivity contribution in [2.24, 2.45) is 0 Å². The van der Waals surface area contributed by atoms with Gasteiger partial charge in [-0.1, -0.05) is 0 Å². The van der Waals surface area contributed by atoms with Crippen LogP contribution in [0, 0.1) is 6.92 Å². The monoisotopic (exact) mass is 276 g/mol. The zero-order chi connectivity index (χ0) is 14.5. The molecule has 2 rings (SSSR count). The third kappa shape index (κ3) is 2.93. The molecule has 0 radical (unpaired) electrons. The lowest BCUT2D eigenvalue weighted by atomic mass is 10.2. The average molecular weight is 276 g/mol. The van der Waals surface area contributed by atoms with Crippen LogP contribution in [-0.2, 0) is 11.3 Å². The van der Waals surface area contributed by atoms with Crippen molar-refractivity contribution in [3.8, 4) is 11.5 Å². The van der Waals surface area contributed by atoms with E-state index in [2.05, 4.69) is 0 Å². The second-order valence-electron chi connectivity index (χ2n) is 4.14. The van der Waals surface area contributed by atoms with E-state index in [0.29, 0.717) is 22.8 Å². The van der Waals surface area contributed by atoms with Gasteiger partial charge in [-0.3, -0.25) is 0 Å². The highest BCUT2D eigenvalue weighted by Gasteiger charge is 2.14. The molecule has 106 valence electrons. The molecule has 0 atom stereocenters. The molecule has 1 aromatic heterocycles. The Hall–Kier alpha value is -2.43. The summed E-state index contributed by atoms with van der Waals surface area (Å²) in [6, 6.07) is 6.91. The molecule has 5 heteroatoms. The number of ether oxygens (including phenoxy) is 3. The Balaban J connectivity index is 2.10. The van der Waals surface area contributed by atoms with Gasteiger partial charge in [-0.25, -0.2) is 4.79 Å². The summed E-state index contributed by atoms with van der Waals surface area (Å²) in [6.07, 6.45) is 1.46. The summed E-state index contributed by atoms with van der Waals surface area (Å²) >= 11 is 0. The van der Waals surface area contributed by atoms with Crippen LogP contribution in [0.4, 0.5) is 0 Å². The number of carbonyl (C=O) groups is 1. The van der Waals surface area contributed by atoms with Gasteiger partial charge in [-0.15, -0.1) is 0 Å². The Morgan fingerprint density at radius 2 is 2.00 bits per heavy atom. The number of furan rings is 1. The van der Waals surface area contributed by atoms with Crippen LogP contribution < -0.4 is 9.47 Å². The lowest BCUT2D eigenvalue weighted by Gasteiger charge is -2.10. The second kappa shape index (κ2) is 6.14. The van der Waals surface area contributed by atoms with Crippen LogP contribution in [0.5, 0.6) is 11.5 Å². The number of aryl methyl sites for hydroxylation is 1. The summed E-state index contributed by atoms with van der Waals surface area (Å²) in [4.78, 5) is 11.9. The van der Waals surface area contributed by atoms with Crippen molar-refractivity contribution in [1.82, 2.24) is 0 Å². The fraction of sp³-hybridized carbons (Fsp3) is 0.267. The molecule has 0 aliphatic carbocycles. The first kappa shape index (κ1) is 14.0. The SMILES string of the molecule is COc1ccc(OC)c(COC(=O)c2ccoc2C)c1. The Kier molecular flexibility index (Phi) is 4.30. The average Bonchev–Trinajstić information content (AvgIpc) is 2.90. The minimum absolute atomic E-state index is 0.101. The standard InChI is InChI=1S/C15H16O5/c1-10-13(6-7-19-10)15(16)20-9-11-8-12(17-2)4-5-14(11)18-3/h4-8H,9H2,1-3H3. The molecule has 0 bridgehead atoms. The van der Waals surface area contributed by atoms with Crippen LogP contribution in [0.3, 0.4) is 0 Å². The van der Waals surface area contributed by atoms with Gasteiger partial charge in [0, 0.05) is 5.56 Å². The molecule has 0 unspecified atom stereocenters. The van der Waals surface area contributed by atoms with E-state index in [0.717, 1.165) is 5.56 Å².